The maximum Gasteiger partial charge on any atom is 0.311 e. The number of esters is 1. The summed E-state index contributed by atoms with van der Waals surface area (Å²) >= 11 is 3.02. The molecule has 3 aromatic rings. The van der Waals surface area contributed by atoms with Gasteiger partial charge in [0.05, 0.1) is 24.0 Å². The van der Waals surface area contributed by atoms with Gasteiger partial charge in [0, 0.05) is 10.9 Å². The molecule has 2 aromatic heterocycles. The van der Waals surface area contributed by atoms with Gasteiger partial charge in [0.2, 0.25) is 11.8 Å². The van der Waals surface area contributed by atoms with Crippen LogP contribution in [0.2, 0.25) is 0 Å². The number of rotatable bonds is 7. The molecule has 0 N–H and O–H groups in total. The maximum absolute atomic E-state index is 11.5. The highest BCUT2D eigenvalue weighted by atomic mass is 32.2. The van der Waals surface area contributed by atoms with E-state index in [0.717, 1.165) is 9.90 Å². The number of thiazole rings is 1. The van der Waals surface area contributed by atoms with Crippen molar-refractivity contribution < 1.29 is 13.9 Å². The second kappa shape index (κ2) is 8.26. The van der Waals surface area contributed by atoms with Crippen molar-refractivity contribution in [2.24, 2.45) is 0 Å². The molecule has 0 saturated heterocycles. The van der Waals surface area contributed by atoms with Gasteiger partial charge < -0.3 is 9.15 Å². The van der Waals surface area contributed by atoms with Crippen LogP contribution in [0.15, 0.2) is 44.5 Å². The normalized spacial score (nSPS) is 12.1. The van der Waals surface area contributed by atoms with E-state index in [-0.39, 0.29) is 17.6 Å². The fourth-order valence-electron chi connectivity index (χ4n) is 2.08. The summed E-state index contributed by atoms with van der Waals surface area (Å²) in [5.41, 5.74) is 1.61. The Labute approximate surface area is 153 Å². The van der Waals surface area contributed by atoms with Gasteiger partial charge in [-0.2, -0.15) is 0 Å². The first-order valence-electron chi connectivity index (χ1n) is 7.81. The Balaban J connectivity index is 1.63. The van der Waals surface area contributed by atoms with E-state index < -0.39 is 0 Å². The summed E-state index contributed by atoms with van der Waals surface area (Å²) in [6, 6.07) is 9.65. The molecule has 25 heavy (non-hydrogen) atoms. The summed E-state index contributed by atoms with van der Waals surface area (Å²) < 4.78 is 11.6. The Bertz CT molecular complexity index is 833. The number of nitrogens with zero attached hydrogens (tertiary/aromatic N) is 3. The van der Waals surface area contributed by atoms with Crippen molar-refractivity contribution in [1.29, 1.82) is 0 Å². The lowest BCUT2D eigenvalue weighted by Gasteiger charge is -2.03. The van der Waals surface area contributed by atoms with Crippen molar-refractivity contribution in [3.63, 3.8) is 0 Å². The lowest BCUT2D eigenvalue weighted by atomic mass is 10.2. The van der Waals surface area contributed by atoms with E-state index >= 15 is 0 Å². The first kappa shape index (κ1) is 17.6. The molecule has 6 nitrogen and oxygen atoms in total. The van der Waals surface area contributed by atoms with Crippen molar-refractivity contribution in [2.45, 2.75) is 29.9 Å². The van der Waals surface area contributed by atoms with Gasteiger partial charge in [-0.3, -0.25) is 4.79 Å². The molecule has 0 aliphatic rings. The van der Waals surface area contributed by atoms with Crippen molar-refractivity contribution in [2.75, 3.05) is 6.61 Å². The molecule has 0 aliphatic carbocycles. The van der Waals surface area contributed by atoms with Crippen molar-refractivity contribution in [3.8, 4) is 11.5 Å². The fraction of sp³-hybridized carbons (Fsp3) is 0.294. The van der Waals surface area contributed by atoms with E-state index in [9.17, 15) is 4.79 Å². The molecule has 8 heteroatoms. The van der Waals surface area contributed by atoms with Crippen LogP contribution in [0.25, 0.3) is 11.5 Å². The van der Waals surface area contributed by atoms with Crippen LogP contribution in [0.4, 0.5) is 0 Å². The first-order valence-corrected chi connectivity index (χ1v) is 9.57. The molecule has 1 atom stereocenters. The third kappa shape index (κ3) is 4.67. The Morgan fingerprint density at radius 1 is 1.32 bits per heavy atom. The molecule has 2 heterocycles. The highest BCUT2D eigenvalue weighted by molar-refractivity contribution is 8.01. The minimum Gasteiger partial charge on any atom is -0.466 e. The fourth-order valence-corrected chi connectivity index (χ4v) is 4.09. The van der Waals surface area contributed by atoms with Crippen LogP contribution < -0.4 is 0 Å². The Hall–Kier alpha value is -2.19. The van der Waals surface area contributed by atoms with E-state index in [1.54, 1.807) is 6.92 Å². The van der Waals surface area contributed by atoms with Gasteiger partial charge in [0.15, 0.2) is 4.34 Å². The average Bonchev–Trinajstić information content (AvgIpc) is 3.25. The summed E-state index contributed by atoms with van der Waals surface area (Å²) in [6.45, 7) is 4.15. The number of thioether (sulfide) groups is 1. The lowest BCUT2D eigenvalue weighted by Crippen LogP contribution is -2.07. The molecule has 0 radical (unpaired) electrons. The molecule has 130 valence electrons. The molecule has 0 saturated carbocycles. The van der Waals surface area contributed by atoms with Crippen LogP contribution in [-0.2, 0) is 16.0 Å². The van der Waals surface area contributed by atoms with Crippen molar-refractivity contribution >= 4 is 29.1 Å². The SMILES string of the molecule is CCOC(=O)Cc1csc(S[C@H](C)c2nnc(-c3ccccc3)o2)n1. The molecule has 0 unspecified atom stereocenters. The Morgan fingerprint density at radius 2 is 2.12 bits per heavy atom. The molecule has 0 amide bonds. The molecule has 0 spiro atoms. The van der Waals surface area contributed by atoms with Crippen LogP contribution in [0.1, 0.15) is 30.7 Å². The summed E-state index contributed by atoms with van der Waals surface area (Å²) in [5.74, 6) is 0.790. The topological polar surface area (TPSA) is 78.1 Å². The van der Waals surface area contributed by atoms with Gasteiger partial charge in [-0.25, -0.2) is 4.98 Å². The number of aromatic nitrogens is 3. The van der Waals surface area contributed by atoms with Gasteiger partial charge >= 0.3 is 5.97 Å². The van der Waals surface area contributed by atoms with Gasteiger partial charge in [0.25, 0.3) is 0 Å². The van der Waals surface area contributed by atoms with Gasteiger partial charge in [-0.1, -0.05) is 30.0 Å². The van der Waals surface area contributed by atoms with Crippen LogP contribution in [0, 0.1) is 0 Å². The van der Waals surface area contributed by atoms with Crippen molar-refractivity contribution in [3.05, 3.63) is 47.3 Å². The number of benzene rings is 1. The average molecular weight is 375 g/mol. The molecular formula is C17H17N3O3S2. The summed E-state index contributed by atoms with van der Waals surface area (Å²) in [7, 11) is 0. The molecule has 3 rings (SSSR count). The van der Waals surface area contributed by atoms with Gasteiger partial charge in [-0.15, -0.1) is 21.5 Å². The summed E-state index contributed by atoms with van der Waals surface area (Å²) in [4.78, 5) is 16.0. The minimum absolute atomic E-state index is 0.0356. The minimum atomic E-state index is -0.262. The van der Waals surface area contributed by atoms with E-state index in [1.807, 2.05) is 42.6 Å². The van der Waals surface area contributed by atoms with E-state index in [4.69, 9.17) is 9.15 Å². The second-order valence-corrected chi connectivity index (χ2v) is 7.60. The van der Waals surface area contributed by atoms with Crippen LogP contribution >= 0.6 is 23.1 Å². The largest absolute Gasteiger partial charge is 0.466 e. The molecule has 1 aromatic carbocycles. The van der Waals surface area contributed by atoms with E-state index in [2.05, 4.69) is 15.2 Å². The summed E-state index contributed by atoms with van der Waals surface area (Å²) in [5, 5.41) is 10.1. The summed E-state index contributed by atoms with van der Waals surface area (Å²) in [6.07, 6.45) is 0.192. The zero-order valence-electron chi connectivity index (χ0n) is 13.8. The van der Waals surface area contributed by atoms with Gasteiger partial charge in [-0.05, 0) is 26.0 Å². The number of hydrogen-bond acceptors (Lipinski definition) is 8. The Morgan fingerprint density at radius 3 is 2.88 bits per heavy atom. The number of ether oxygens (including phenoxy) is 1. The molecule has 0 fully saturated rings. The number of carbonyl (C=O) groups excluding carboxylic acids is 1. The Kier molecular flexibility index (Phi) is 5.83. The van der Waals surface area contributed by atoms with Gasteiger partial charge in [0.1, 0.15) is 0 Å². The molecule has 0 aliphatic heterocycles. The van der Waals surface area contributed by atoms with E-state index in [1.165, 1.54) is 23.1 Å². The van der Waals surface area contributed by atoms with Crippen LogP contribution in [0.5, 0.6) is 0 Å². The lowest BCUT2D eigenvalue weighted by molar-refractivity contribution is -0.142. The standard InChI is InChI=1S/C17H17N3O3S2/c1-3-22-14(21)9-13-10-24-17(18-13)25-11(2)15-19-20-16(23-15)12-7-5-4-6-8-12/h4-8,10-11H,3,9H2,1-2H3/t11-/m1/s1. The zero-order valence-corrected chi connectivity index (χ0v) is 15.5. The quantitative estimate of drug-likeness (QED) is 0.453. The monoisotopic (exact) mass is 375 g/mol. The highest BCUT2D eigenvalue weighted by Gasteiger charge is 2.18. The molecule has 0 bridgehead atoms. The van der Waals surface area contributed by atoms with Crippen LogP contribution in [-0.4, -0.2) is 27.8 Å². The third-order valence-corrected chi connectivity index (χ3v) is 5.36. The first-order chi connectivity index (χ1) is 12.2. The predicted molar refractivity (Wildman–Crippen MR) is 96.5 cm³/mol. The second-order valence-electron chi connectivity index (χ2n) is 5.16. The number of hydrogen-bond donors (Lipinski definition) is 0. The maximum atomic E-state index is 11.5. The highest BCUT2D eigenvalue weighted by Crippen LogP contribution is 2.36. The molecular weight excluding hydrogens is 358 g/mol. The van der Waals surface area contributed by atoms with Crippen molar-refractivity contribution in [1.82, 2.24) is 15.2 Å². The number of carbonyl (C=O) groups is 1. The smallest absolute Gasteiger partial charge is 0.311 e. The predicted octanol–water partition coefficient (Wildman–Crippen LogP) is 4.15. The van der Waals surface area contributed by atoms with Crippen LogP contribution in [0.3, 0.4) is 0 Å². The third-order valence-electron chi connectivity index (χ3n) is 3.25. The zero-order chi connectivity index (χ0) is 17.6. The van der Waals surface area contributed by atoms with E-state index in [0.29, 0.717) is 24.1 Å².